The summed E-state index contributed by atoms with van der Waals surface area (Å²) in [4.78, 5) is 38.1. The zero-order valence-electron chi connectivity index (χ0n) is 16.9. The van der Waals surface area contributed by atoms with Crippen molar-refractivity contribution in [3.63, 3.8) is 0 Å². The molecule has 0 radical (unpaired) electrons. The molecule has 5 nitrogen and oxygen atoms in total. The van der Waals surface area contributed by atoms with Gasteiger partial charge in [0.05, 0.1) is 18.3 Å². The lowest BCUT2D eigenvalue weighted by Crippen LogP contribution is -2.30. The molecule has 1 fully saturated rings. The maximum absolute atomic E-state index is 13.1. The van der Waals surface area contributed by atoms with E-state index in [1.54, 1.807) is 18.2 Å². The molecule has 1 aliphatic rings. The molecule has 1 N–H and O–H groups in total. The Hall–Kier alpha value is -3.38. The highest BCUT2D eigenvalue weighted by molar-refractivity contribution is 8.14. The lowest BCUT2D eigenvalue weighted by molar-refractivity contribution is -0.125. The van der Waals surface area contributed by atoms with Crippen molar-refractivity contribution in [3.8, 4) is 0 Å². The van der Waals surface area contributed by atoms with E-state index in [-0.39, 0.29) is 35.4 Å². The Kier molecular flexibility index (Phi) is 6.48. The molecule has 1 atom stereocenters. The molecule has 3 amide bonds. The van der Waals surface area contributed by atoms with Crippen LogP contribution >= 0.6 is 11.8 Å². The van der Waals surface area contributed by atoms with Crippen molar-refractivity contribution in [2.45, 2.75) is 19.0 Å². The molecular formula is C25H22N2O3S. The zero-order chi connectivity index (χ0) is 21.6. The molecule has 156 valence electrons. The molecule has 1 unspecified atom stereocenters. The van der Waals surface area contributed by atoms with E-state index in [0.29, 0.717) is 12.0 Å². The van der Waals surface area contributed by atoms with Crippen LogP contribution < -0.4 is 5.32 Å². The molecule has 4 rings (SSSR count). The Bertz CT molecular complexity index is 1070. The van der Waals surface area contributed by atoms with Crippen molar-refractivity contribution in [2.75, 3.05) is 5.75 Å². The Morgan fingerprint density at radius 2 is 1.58 bits per heavy atom. The summed E-state index contributed by atoms with van der Waals surface area (Å²) in [6.07, 6.45) is 0.671. The van der Waals surface area contributed by atoms with Gasteiger partial charge in [0.15, 0.2) is 0 Å². The van der Waals surface area contributed by atoms with Gasteiger partial charge < -0.3 is 5.32 Å². The molecule has 1 saturated heterocycles. The third kappa shape index (κ3) is 5.22. The van der Waals surface area contributed by atoms with Crippen molar-refractivity contribution in [1.82, 2.24) is 10.2 Å². The van der Waals surface area contributed by atoms with E-state index in [1.807, 2.05) is 66.7 Å². The number of benzene rings is 3. The highest BCUT2D eigenvalue weighted by atomic mass is 32.2. The van der Waals surface area contributed by atoms with Gasteiger partial charge in [-0.1, -0.05) is 84.6 Å². The number of hydrogen-bond acceptors (Lipinski definition) is 4. The minimum absolute atomic E-state index is 0.178. The summed E-state index contributed by atoms with van der Waals surface area (Å²) in [6.45, 7) is 0.178. The van der Waals surface area contributed by atoms with Gasteiger partial charge in [0.1, 0.15) is 0 Å². The van der Waals surface area contributed by atoms with Gasteiger partial charge in [-0.2, -0.15) is 0 Å². The highest BCUT2D eigenvalue weighted by Gasteiger charge is 2.29. The molecule has 3 aromatic rings. The van der Waals surface area contributed by atoms with Crippen molar-refractivity contribution in [1.29, 1.82) is 0 Å². The first-order valence-corrected chi connectivity index (χ1v) is 11.0. The predicted octanol–water partition coefficient (Wildman–Crippen LogP) is 4.60. The van der Waals surface area contributed by atoms with Crippen LogP contribution in [0.4, 0.5) is 4.79 Å². The van der Waals surface area contributed by atoms with E-state index in [4.69, 9.17) is 0 Å². The summed E-state index contributed by atoms with van der Waals surface area (Å²) >= 11 is 1.01. The van der Waals surface area contributed by atoms with Crippen molar-refractivity contribution in [2.24, 2.45) is 0 Å². The van der Waals surface area contributed by atoms with Gasteiger partial charge in [0.25, 0.3) is 11.1 Å². The van der Waals surface area contributed by atoms with Crippen molar-refractivity contribution >= 4 is 28.8 Å². The number of amides is 3. The van der Waals surface area contributed by atoms with E-state index < -0.39 is 0 Å². The maximum Gasteiger partial charge on any atom is 0.289 e. The molecule has 0 saturated carbocycles. The van der Waals surface area contributed by atoms with E-state index >= 15 is 0 Å². The van der Waals surface area contributed by atoms with Crippen LogP contribution in [0, 0.1) is 0 Å². The summed E-state index contributed by atoms with van der Waals surface area (Å²) in [5.41, 5.74) is 3.41. The van der Waals surface area contributed by atoms with E-state index in [2.05, 4.69) is 5.32 Å². The molecular weight excluding hydrogens is 408 g/mol. The average molecular weight is 431 g/mol. The second kappa shape index (κ2) is 9.62. The highest BCUT2D eigenvalue weighted by Crippen LogP contribution is 2.22. The number of nitrogens with zero attached hydrogens (tertiary/aromatic N) is 1. The molecule has 1 heterocycles. The van der Waals surface area contributed by atoms with Crippen LogP contribution in [-0.2, 0) is 17.8 Å². The van der Waals surface area contributed by atoms with Crippen molar-refractivity contribution < 1.29 is 14.4 Å². The summed E-state index contributed by atoms with van der Waals surface area (Å²) in [6, 6.07) is 26.8. The van der Waals surface area contributed by atoms with Gasteiger partial charge in [0.2, 0.25) is 5.91 Å². The molecule has 6 heteroatoms. The molecule has 0 bridgehead atoms. The average Bonchev–Trinajstić information content (AvgIpc) is 3.12. The quantitative estimate of drug-likeness (QED) is 0.595. The van der Waals surface area contributed by atoms with Crippen molar-refractivity contribution in [3.05, 3.63) is 107 Å². The molecule has 0 aliphatic carbocycles. The summed E-state index contributed by atoms with van der Waals surface area (Å²) < 4.78 is 0. The zero-order valence-corrected chi connectivity index (χ0v) is 17.7. The van der Waals surface area contributed by atoms with Gasteiger partial charge in [-0.3, -0.25) is 19.3 Å². The first-order valence-electron chi connectivity index (χ1n) is 10.1. The normalized spacial score (nSPS) is 14.5. The molecule has 0 aromatic heterocycles. The Morgan fingerprint density at radius 3 is 2.26 bits per heavy atom. The van der Waals surface area contributed by atoms with Crippen LogP contribution in [0.5, 0.6) is 0 Å². The first kappa shape index (κ1) is 20.9. The molecule has 3 aromatic carbocycles. The van der Waals surface area contributed by atoms with Gasteiger partial charge in [-0.15, -0.1) is 0 Å². The number of hydrogen-bond donors (Lipinski definition) is 1. The lowest BCUT2D eigenvalue weighted by Gasteiger charge is -2.20. The largest absolute Gasteiger partial charge is 0.345 e. The summed E-state index contributed by atoms with van der Waals surface area (Å²) in [5.74, 6) is -0.214. The standard InChI is InChI=1S/C25H22N2O3S/c28-23-17-31-25(30)27(23)16-19-10-7-13-21(14-19)24(29)26-22(20-11-5-2-6-12-20)15-18-8-3-1-4-9-18/h1-14,22H,15-17H2,(H,26,29). The predicted molar refractivity (Wildman–Crippen MR) is 122 cm³/mol. The number of rotatable bonds is 7. The van der Waals surface area contributed by atoms with Gasteiger partial charge >= 0.3 is 0 Å². The second-order valence-electron chi connectivity index (χ2n) is 7.36. The van der Waals surface area contributed by atoms with Gasteiger partial charge in [0, 0.05) is 5.56 Å². The van der Waals surface area contributed by atoms with Gasteiger partial charge in [-0.05, 0) is 35.2 Å². The smallest absolute Gasteiger partial charge is 0.289 e. The number of carbonyl (C=O) groups excluding carboxylic acids is 3. The van der Waals surface area contributed by atoms with Crippen LogP contribution in [0.3, 0.4) is 0 Å². The van der Waals surface area contributed by atoms with Crippen LogP contribution in [-0.4, -0.2) is 27.7 Å². The fourth-order valence-electron chi connectivity index (χ4n) is 3.56. The Labute approximate surface area is 185 Å². The minimum Gasteiger partial charge on any atom is -0.345 e. The van der Waals surface area contributed by atoms with Gasteiger partial charge in [-0.25, -0.2) is 0 Å². The molecule has 31 heavy (non-hydrogen) atoms. The van der Waals surface area contributed by atoms with E-state index in [1.165, 1.54) is 4.90 Å². The van der Waals surface area contributed by atoms with Crippen LogP contribution in [0.25, 0.3) is 0 Å². The number of thioether (sulfide) groups is 1. The topological polar surface area (TPSA) is 66.5 Å². The Morgan fingerprint density at radius 1 is 0.903 bits per heavy atom. The second-order valence-corrected chi connectivity index (χ2v) is 8.29. The van der Waals surface area contributed by atoms with E-state index in [0.717, 1.165) is 28.5 Å². The number of imide groups is 1. The number of carbonyl (C=O) groups is 3. The lowest BCUT2D eigenvalue weighted by atomic mass is 9.98. The SMILES string of the molecule is O=C(NC(Cc1ccccc1)c1ccccc1)c1cccc(CN2C(=O)CSC2=O)c1. The monoisotopic (exact) mass is 430 g/mol. The minimum atomic E-state index is -0.244. The number of nitrogens with one attached hydrogen (secondary N) is 1. The van der Waals surface area contributed by atoms with Crippen LogP contribution in [0.1, 0.15) is 33.1 Å². The van der Waals surface area contributed by atoms with Crippen LogP contribution in [0.2, 0.25) is 0 Å². The third-order valence-electron chi connectivity index (χ3n) is 5.16. The summed E-state index contributed by atoms with van der Waals surface area (Å²) in [5, 5.41) is 2.90. The van der Waals surface area contributed by atoms with E-state index in [9.17, 15) is 14.4 Å². The third-order valence-corrected chi connectivity index (χ3v) is 6.02. The summed E-state index contributed by atoms with van der Waals surface area (Å²) in [7, 11) is 0. The fraction of sp³-hybridized carbons (Fsp3) is 0.160. The first-order chi connectivity index (χ1) is 15.1. The molecule has 1 aliphatic heterocycles. The Balaban J connectivity index is 1.52. The fourth-order valence-corrected chi connectivity index (χ4v) is 4.28. The van der Waals surface area contributed by atoms with Crippen LogP contribution in [0.15, 0.2) is 84.9 Å². The molecule has 0 spiro atoms. The maximum atomic E-state index is 13.1.